The minimum Gasteiger partial charge on any atom is -0.208 e. The summed E-state index contributed by atoms with van der Waals surface area (Å²) in [6.45, 7) is 2.05. The van der Waals surface area contributed by atoms with Crippen LogP contribution in [0.5, 0.6) is 0 Å². The van der Waals surface area contributed by atoms with E-state index >= 15 is 0 Å². The SMILES string of the molecule is Cc1ccc(/C=N\n2cnnc2)cc1Br. The van der Waals surface area contributed by atoms with E-state index in [0.29, 0.717) is 0 Å². The van der Waals surface area contributed by atoms with E-state index in [2.05, 4.69) is 31.2 Å². The summed E-state index contributed by atoms with van der Waals surface area (Å²) in [5, 5.41) is 11.5. The second-order valence-corrected chi connectivity index (χ2v) is 3.95. The number of benzene rings is 1. The Labute approximate surface area is 95.8 Å². The van der Waals surface area contributed by atoms with E-state index < -0.39 is 0 Å². The van der Waals surface area contributed by atoms with E-state index in [-0.39, 0.29) is 0 Å². The molecule has 0 aliphatic rings. The van der Waals surface area contributed by atoms with E-state index in [1.165, 1.54) is 5.56 Å². The number of aryl methyl sites for hydroxylation is 1. The molecular weight excluding hydrogens is 256 g/mol. The van der Waals surface area contributed by atoms with Crippen molar-refractivity contribution in [3.05, 3.63) is 46.5 Å². The molecule has 0 atom stereocenters. The van der Waals surface area contributed by atoms with Crippen LogP contribution in [0.3, 0.4) is 0 Å². The maximum atomic E-state index is 4.15. The first-order valence-electron chi connectivity index (χ1n) is 4.41. The van der Waals surface area contributed by atoms with Crippen molar-refractivity contribution in [2.24, 2.45) is 5.10 Å². The predicted octanol–water partition coefficient (Wildman–Crippen LogP) is 2.23. The molecule has 0 radical (unpaired) electrons. The normalized spacial score (nSPS) is 11.1. The topological polar surface area (TPSA) is 43.1 Å². The first kappa shape index (κ1) is 10.0. The van der Waals surface area contributed by atoms with E-state index in [0.717, 1.165) is 10.0 Å². The van der Waals surface area contributed by atoms with Gasteiger partial charge in [0.05, 0.1) is 6.21 Å². The summed E-state index contributed by atoms with van der Waals surface area (Å²) in [7, 11) is 0. The number of hydrogen-bond donors (Lipinski definition) is 0. The van der Waals surface area contributed by atoms with Crippen LogP contribution < -0.4 is 0 Å². The Kier molecular flexibility index (Phi) is 2.91. The van der Waals surface area contributed by atoms with Crippen molar-refractivity contribution >= 4 is 22.1 Å². The molecule has 0 saturated heterocycles. The molecule has 0 spiro atoms. The lowest BCUT2D eigenvalue weighted by Crippen LogP contribution is -1.88. The van der Waals surface area contributed by atoms with E-state index in [1.54, 1.807) is 23.5 Å². The van der Waals surface area contributed by atoms with Gasteiger partial charge in [-0.05, 0) is 24.1 Å². The molecule has 0 N–H and O–H groups in total. The lowest BCUT2D eigenvalue weighted by atomic mass is 10.2. The smallest absolute Gasteiger partial charge is 0.141 e. The number of aromatic nitrogens is 3. The summed E-state index contributed by atoms with van der Waals surface area (Å²) >= 11 is 3.47. The van der Waals surface area contributed by atoms with Crippen LogP contribution in [0.15, 0.2) is 40.4 Å². The Morgan fingerprint density at radius 2 is 2.07 bits per heavy atom. The monoisotopic (exact) mass is 264 g/mol. The van der Waals surface area contributed by atoms with Gasteiger partial charge in [0.1, 0.15) is 12.7 Å². The second-order valence-electron chi connectivity index (χ2n) is 3.10. The molecule has 15 heavy (non-hydrogen) atoms. The standard InChI is InChI=1S/C10H9BrN4/c1-8-2-3-9(4-10(8)11)5-14-15-6-12-13-7-15/h2-7H,1H3/b14-5-. The van der Waals surface area contributed by atoms with Gasteiger partial charge in [0, 0.05) is 4.47 Å². The van der Waals surface area contributed by atoms with Gasteiger partial charge in [0.2, 0.25) is 0 Å². The average molecular weight is 265 g/mol. The summed E-state index contributed by atoms with van der Waals surface area (Å²) in [6.07, 6.45) is 4.84. The second kappa shape index (κ2) is 4.35. The minimum absolute atomic E-state index is 1.03. The van der Waals surface area contributed by atoms with Crippen molar-refractivity contribution < 1.29 is 0 Å². The summed E-state index contributed by atoms with van der Waals surface area (Å²) in [5.74, 6) is 0. The van der Waals surface area contributed by atoms with Crippen LogP contribution in [0, 0.1) is 6.92 Å². The van der Waals surface area contributed by atoms with Crippen molar-refractivity contribution in [3.63, 3.8) is 0 Å². The highest BCUT2D eigenvalue weighted by molar-refractivity contribution is 9.10. The molecule has 5 heteroatoms. The molecule has 1 aromatic carbocycles. The maximum Gasteiger partial charge on any atom is 0.141 e. The maximum absolute atomic E-state index is 4.15. The lowest BCUT2D eigenvalue weighted by Gasteiger charge is -1.98. The van der Waals surface area contributed by atoms with Crippen molar-refractivity contribution in [3.8, 4) is 0 Å². The fraction of sp³-hybridized carbons (Fsp3) is 0.100. The molecule has 1 heterocycles. The summed E-state index contributed by atoms with van der Waals surface area (Å²) in [4.78, 5) is 0. The van der Waals surface area contributed by atoms with Crippen LogP contribution in [0.25, 0.3) is 0 Å². The van der Waals surface area contributed by atoms with Crippen LogP contribution in [-0.4, -0.2) is 21.1 Å². The fourth-order valence-electron chi connectivity index (χ4n) is 1.08. The van der Waals surface area contributed by atoms with Crippen LogP contribution >= 0.6 is 15.9 Å². The third-order valence-corrected chi connectivity index (χ3v) is 2.80. The molecule has 0 aliphatic heterocycles. The Morgan fingerprint density at radius 3 is 2.73 bits per heavy atom. The zero-order valence-corrected chi connectivity index (χ0v) is 9.72. The van der Waals surface area contributed by atoms with Gasteiger partial charge >= 0.3 is 0 Å². The molecule has 2 rings (SSSR count). The van der Waals surface area contributed by atoms with Gasteiger partial charge in [-0.15, -0.1) is 10.2 Å². The number of hydrogen-bond acceptors (Lipinski definition) is 3. The highest BCUT2D eigenvalue weighted by Crippen LogP contribution is 2.16. The first-order chi connectivity index (χ1) is 7.25. The molecule has 4 nitrogen and oxygen atoms in total. The van der Waals surface area contributed by atoms with Gasteiger partial charge in [0.25, 0.3) is 0 Å². The highest BCUT2D eigenvalue weighted by atomic mass is 79.9. The molecule has 0 fully saturated rings. The molecule has 0 aliphatic carbocycles. The zero-order chi connectivity index (χ0) is 10.7. The van der Waals surface area contributed by atoms with E-state index in [4.69, 9.17) is 0 Å². The first-order valence-corrected chi connectivity index (χ1v) is 5.20. The van der Waals surface area contributed by atoms with Crippen LogP contribution in [-0.2, 0) is 0 Å². The Hall–Kier alpha value is -1.49. The Morgan fingerprint density at radius 1 is 1.33 bits per heavy atom. The largest absolute Gasteiger partial charge is 0.208 e. The predicted molar refractivity (Wildman–Crippen MR) is 61.9 cm³/mol. The van der Waals surface area contributed by atoms with Crippen LogP contribution in [0.4, 0.5) is 0 Å². The molecular formula is C10H9BrN4. The van der Waals surface area contributed by atoms with Crippen LogP contribution in [0.2, 0.25) is 0 Å². The summed E-state index contributed by atoms with van der Waals surface area (Å²) in [5.41, 5.74) is 2.23. The van der Waals surface area contributed by atoms with Crippen molar-refractivity contribution in [2.75, 3.05) is 0 Å². The Bertz CT molecular complexity index is 476. The Balaban J connectivity index is 2.21. The van der Waals surface area contributed by atoms with Crippen LogP contribution in [0.1, 0.15) is 11.1 Å². The number of halogens is 1. The van der Waals surface area contributed by atoms with Gasteiger partial charge in [-0.25, -0.2) is 4.68 Å². The molecule has 0 unspecified atom stereocenters. The molecule has 1 aromatic heterocycles. The van der Waals surface area contributed by atoms with Crippen molar-refractivity contribution in [2.45, 2.75) is 6.92 Å². The lowest BCUT2D eigenvalue weighted by molar-refractivity contribution is 0.878. The third kappa shape index (κ3) is 2.50. The van der Waals surface area contributed by atoms with Crippen molar-refractivity contribution in [1.82, 2.24) is 14.9 Å². The quantitative estimate of drug-likeness (QED) is 0.781. The minimum atomic E-state index is 1.03. The molecule has 0 amide bonds. The van der Waals surface area contributed by atoms with Gasteiger partial charge in [0.15, 0.2) is 0 Å². The average Bonchev–Trinajstić information content (AvgIpc) is 2.73. The van der Waals surface area contributed by atoms with Gasteiger partial charge < -0.3 is 0 Å². The molecule has 76 valence electrons. The van der Waals surface area contributed by atoms with E-state index in [9.17, 15) is 0 Å². The fourth-order valence-corrected chi connectivity index (χ4v) is 1.47. The third-order valence-electron chi connectivity index (χ3n) is 1.94. The summed E-state index contributed by atoms with van der Waals surface area (Å²) in [6, 6.07) is 6.06. The molecule has 0 saturated carbocycles. The van der Waals surface area contributed by atoms with Gasteiger partial charge in [-0.3, -0.25) is 0 Å². The zero-order valence-electron chi connectivity index (χ0n) is 8.13. The summed E-state index contributed by atoms with van der Waals surface area (Å²) < 4.78 is 2.63. The highest BCUT2D eigenvalue weighted by Gasteiger charge is 1.94. The number of rotatable bonds is 2. The number of nitrogens with zero attached hydrogens (tertiary/aromatic N) is 4. The van der Waals surface area contributed by atoms with Crippen molar-refractivity contribution in [1.29, 1.82) is 0 Å². The van der Waals surface area contributed by atoms with Gasteiger partial charge in [-0.1, -0.05) is 28.1 Å². The molecule has 2 aromatic rings. The molecule has 0 bridgehead atoms. The van der Waals surface area contributed by atoms with Gasteiger partial charge in [-0.2, -0.15) is 5.10 Å². The van der Waals surface area contributed by atoms with E-state index in [1.807, 2.05) is 25.1 Å².